The van der Waals surface area contributed by atoms with E-state index in [1.807, 2.05) is 24.3 Å². The number of nitrogens with zero attached hydrogens (tertiary/aromatic N) is 2. The van der Waals surface area contributed by atoms with Gasteiger partial charge in [-0.25, -0.2) is 9.07 Å². The molecule has 0 N–H and O–H groups in total. The third-order valence-electron chi connectivity index (χ3n) is 4.40. The minimum Gasteiger partial charge on any atom is -0.497 e. The predicted molar refractivity (Wildman–Crippen MR) is 108 cm³/mol. The molecule has 1 saturated carbocycles. The highest BCUT2D eigenvalue weighted by molar-refractivity contribution is 9.10. The number of benzene rings is 2. The normalized spacial score (nSPS) is 21.3. The van der Waals surface area contributed by atoms with Gasteiger partial charge in [0, 0.05) is 10.9 Å². The van der Waals surface area contributed by atoms with Gasteiger partial charge in [-0.2, -0.15) is 0 Å². The van der Waals surface area contributed by atoms with E-state index >= 15 is 0 Å². The quantitative estimate of drug-likeness (QED) is 0.489. The van der Waals surface area contributed by atoms with Gasteiger partial charge in [0.05, 0.1) is 24.4 Å². The van der Waals surface area contributed by atoms with Crippen LogP contribution in [0.25, 0.3) is 10.8 Å². The summed E-state index contributed by atoms with van der Waals surface area (Å²) in [6, 6.07) is 12.6. The number of fused-ring (bicyclic) bond motifs is 1. The third-order valence-corrected chi connectivity index (χ3v) is 5.73. The second-order valence-electron chi connectivity index (χ2n) is 6.38. The number of ether oxygens (including phenoxy) is 2. The summed E-state index contributed by atoms with van der Waals surface area (Å²) in [6.07, 6.45) is -0.388. The van der Waals surface area contributed by atoms with E-state index in [0.29, 0.717) is 10.8 Å². The molecule has 0 saturated heterocycles. The van der Waals surface area contributed by atoms with Gasteiger partial charge >= 0.3 is 0 Å². The van der Waals surface area contributed by atoms with Crippen molar-refractivity contribution in [2.75, 3.05) is 7.11 Å². The fourth-order valence-electron chi connectivity index (χ4n) is 2.78. The van der Waals surface area contributed by atoms with Crippen LogP contribution < -0.4 is 15.0 Å². The van der Waals surface area contributed by atoms with E-state index in [4.69, 9.17) is 9.47 Å². The molecule has 2 atom stereocenters. The molecule has 1 aliphatic carbocycles. The number of halogens is 3. The minimum atomic E-state index is -1.54. The van der Waals surface area contributed by atoms with Crippen molar-refractivity contribution in [1.82, 2.24) is 9.78 Å². The topological polar surface area (TPSA) is 53.4 Å². The van der Waals surface area contributed by atoms with Crippen molar-refractivity contribution in [1.29, 1.82) is 0 Å². The Morgan fingerprint density at radius 2 is 1.96 bits per heavy atom. The molecule has 1 aliphatic rings. The molecular weight excluding hydrogens is 483 g/mol. The zero-order chi connectivity index (χ0) is 19.2. The first kappa shape index (κ1) is 18.4. The molecule has 0 bridgehead atoms. The van der Waals surface area contributed by atoms with Crippen molar-refractivity contribution in [3.63, 3.8) is 0 Å². The number of alkyl halides is 2. The van der Waals surface area contributed by atoms with Crippen molar-refractivity contribution in [2.45, 2.75) is 23.6 Å². The molecule has 27 heavy (non-hydrogen) atoms. The van der Waals surface area contributed by atoms with E-state index in [9.17, 15) is 9.18 Å². The van der Waals surface area contributed by atoms with Crippen LogP contribution in [0.4, 0.5) is 4.39 Å². The maximum absolute atomic E-state index is 13.9. The molecule has 1 heterocycles. The van der Waals surface area contributed by atoms with E-state index in [-0.39, 0.29) is 24.4 Å². The monoisotopic (exact) mass is 496 g/mol. The van der Waals surface area contributed by atoms with Crippen LogP contribution in [0.3, 0.4) is 0 Å². The molecule has 0 amide bonds. The molecule has 140 valence electrons. The maximum atomic E-state index is 13.9. The highest BCUT2D eigenvalue weighted by Gasteiger charge is 2.56. The van der Waals surface area contributed by atoms with Crippen LogP contribution in [0.1, 0.15) is 12.0 Å². The van der Waals surface area contributed by atoms with Gasteiger partial charge in [-0.15, -0.1) is 5.10 Å². The number of hydrogen-bond acceptors (Lipinski definition) is 4. The summed E-state index contributed by atoms with van der Waals surface area (Å²) >= 11 is 6.37. The number of hydrogen-bond donors (Lipinski definition) is 0. The lowest BCUT2D eigenvalue weighted by Crippen LogP contribution is -2.25. The van der Waals surface area contributed by atoms with Gasteiger partial charge in [-0.05, 0) is 51.8 Å². The Hall–Kier alpha value is -1.93. The lowest BCUT2D eigenvalue weighted by Gasteiger charge is -2.13. The van der Waals surface area contributed by atoms with Gasteiger partial charge in [0.25, 0.3) is 5.56 Å². The minimum absolute atomic E-state index is 0.234. The number of methoxy groups -OCH3 is 1. The molecule has 4 rings (SSSR count). The lowest BCUT2D eigenvalue weighted by atomic mass is 10.2. The highest BCUT2D eigenvalue weighted by atomic mass is 79.9. The van der Waals surface area contributed by atoms with Crippen molar-refractivity contribution in [3.8, 4) is 11.6 Å². The second-order valence-corrected chi connectivity index (χ2v) is 8.61. The van der Waals surface area contributed by atoms with Crippen molar-refractivity contribution < 1.29 is 13.9 Å². The fourth-order valence-corrected chi connectivity index (χ4v) is 3.53. The Kier molecular flexibility index (Phi) is 4.71. The smallest absolute Gasteiger partial charge is 0.275 e. The van der Waals surface area contributed by atoms with Gasteiger partial charge < -0.3 is 9.47 Å². The molecule has 5 nitrogen and oxygen atoms in total. The molecule has 2 unspecified atom stereocenters. The van der Waals surface area contributed by atoms with Gasteiger partial charge in [0.2, 0.25) is 10.5 Å². The summed E-state index contributed by atoms with van der Waals surface area (Å²) in [6.45, 7) is 0.269. The number of aromatic nitrogens is 2. The van der Waals surface area contributed by atoms with E-state index in [1.165, 1.54) is 4.68 Å². The molecule has 0 aliphatic heterocycles. The lowest BCUT2D eigenvalue weighted by molar-refractivity contribution is 0.239. The van der Waals surface area contributed by atoms with Crippen molar-refractivity contribution in [3.05, 3.63) is 62.9 Å². The van der Waals surface area contributed by atoms with Crippen LogP contribution in [-0.2, 0) is 6.54 Å². The first-order valence-corrected chi connectivity index (χ1v) is 9.84. The summed E-state index contributed by atoms with van der Waals surface area (Å²) in [5.74, 6) is 0.972. The standard InChI is InChI=1S/C19H15Br2FN2O3/c1-26-13-5-2-11(3-6-13)10-24-18(25)14-7-4-12(20)8-15(14)17(23-24)27-16-9-19(16,21)22/h2-8,16H,9-10H2,1H3. The maximum Gasteiger partial charge on any atom is 0.275 e. The van der Waals surface area contributed by atoms with Crippen molar-refractivity contribution in [2.24, 2.45) is 0 Å². The summed E-state index contributed by atoms with van der Waals surface area (Å²) in [7, 11) is 1.60. The second kappa shape index (κ2) is 6.91. The van der Waals surface area contributed by atoms with Crippen LogP contribution in [-0.4, -0.2) is 27.6 Å². The van der Waals surface area contributed by atoms with Gasteiger partial charge in [-0.3, -0.25) is 4.79 Å². The molecule has 2 aromatic carbocycles. The van der Waals surface area contributed by atoms with Crippen LogP contribution in [0, 0.1) is 0 Å². The Bertz CT molecular complexity index is 1070. The Balaban J connectivity index is 1.76. The van der Waals surface area contributed by atoms with E-state index in [1.54, 1.807) is 25.3 Å². The molecule has 8 heteroatoms. The van der Waals surface area contributed by atoms with E-state index in [2.05, 4.69) is 37.0 Å². The summed E-state index contributed by atoms with van der Waals surface area (Å²) in [4.78, 5) is 12.9. The molecule has 3 aromatic rings. The molecule has 1 fully saturated rings. The largest absolute Gasteiger partial charge is 0.497 e. The zero-order valence-corrected chi connectivity index (χ0v) is 17.5. The van der Waals surface area contributed by atoms with Gasteiger partial charge in [0.1, 0.15) is 11.9 Å². The molecule has 1 aromatic heterocycles. The summed E-state index contributed by atoms with van der Waals surface area (Å²) in [5.41, 5.74) is 0.654. The molecule has 0 radical (unpaired) electrons. The fraction of sp³-hybridized carbons (Fsp3) is 0.263. The predicted octanol–water partition coefficient (Wildman–Crippen LogP) is 4.43. The van der Waals surface area contributed by atoms with Crippen LogP contribution in [0.15, 0.2) is 51.7 Å². The Morgan fingerprint density at radius 3 is 2.59 bits per heavy atom. The van der Waals surface area contributed by atoms with Gasteiger partial charge in [-0.1, -0.05) is 28.1 Å². The Morgan fingerprint density at radius 1 is 1.26 bits per heavy atom. The van der Waals surface area contributed by atoms with E-state index < -0.39 is 10.7 Å². The SMILES string of the molecule is COc1ccc(Cn2nc(OC3CC3(F)Br)c3cc(Br)ccc3c2=O)cc1. The summed E-state index contributed by atoms with van der Waals surface area (Å²) in [5, 5.41) is 5.39. The Labute approximate surface area is 171 Å². The number of rotatable bonds is 5. The third kappa shape index (κ3) is 3.73. The molecule has 0 spiro atoms. The van der Waals surface area contributed by atoms with E-state index in [0.717, 1.165) is 15.8 Å². The van der Waals surface area contributed by atoms with Crippen LogP contribution in [0.5, 0.6) is 11.6 Å². The highest BCUT2D eigenvalue weighted by Crippen LogP contribution is 2.48. The zero-order valence-electron chi connectivity index (χ0n) is 14.3. The molecular formula is C19H15Br2FN2O3. The van der Waals surface area contributed by atoms with Crippen molar-refractivity contribution >= 4 is 42.6 Å². The first-order chi connectivity index (χ1) is 12.9. The van der Waals surface area contributed by atoms with Crippen LogP contribution >= 0.6 is 31.9 Å². The van der Waals surface area contributed by atoms with Gasteiger partial charge in [0.15, 0.2) is 0 Å². The first-order valence-electron chi connectivity index (χ1n) is 8.25. The average Bonchev–Trinajstić information content (AvgIpc) is 3.25. The van der Waals surface area contributed by atoms with Crippen LogP contribution in [0.2, 0.25) is 0 Å². The average molecular weight is 498 g/mol. The summed E-state index contributed by atoms with van der Waals surface area (Å²) < 4.78 is 25.4.